The van der Waals surface area contributed by atoms with Gasteiger partial charge in [-0.05, 0) is 42.0 Å². The predicted octanol–water partition coefficient (Wildman–Crippen LogP) is 4.13. The van der Waals surface area contributed by atoms with E-state index in [0.29, 0.717) is 5.75 Å². The van der Waals surface area contributed by atoms with Crippen molar-refractivity contribution < 1.29 is 5.11 Å². The Balaban J connectivity index is 1.65. The molecular weight excluding hydrogens is 268 g/mol. The standard InChI is InChI=1S/C16H14N2OS/c19-15-7-1-12(2-8-15)11-18-14-5-3-13(4-6-14)16-17-9-10-20-16/h1-10,18-19H,11H2. The van der Waals surface area contributed by atoms with Crippen LogP contribution in [-0.4, -0.2) is 10.1 Å². The number of rotatable bonds is 4. The van der Waals surface area contributed by atoms with Crippen molar-refractivity contribution in [1.82, 2.24) is 4.98 Å². The molecule has 0 unspecified atom stereocenters. The SMILES string of the molecule is Oc1ccc(CNc2ccc(-c3nccs3)cc2)cc1. The van der Waals surface area contributed by atoms with Gasteiger partial charge in [-0.1, -0.05) is 12.1 Å². The summed E-state index contributed by atoms with van der Waals surface area (Å²) in [5, 5.41) is 15.6. The molecule has 0 fully saturated rings. The molecule has 1 heterocycles. The first-order chi connectivity index (χ1) is 9.81. The van der Waals surface area contributed by atoms with Gasteiger partial charge in [0.1, 0.15) is 10.8 Å². The molecule has 0 radical (unpaired) electrons. The Morgan fingerprint density at radius 2 is 1.75 bits per heavy atom. The van der Waals surface area contributed by atoms with E-state index in [1.165, 1.54) is 0 Å². The highest BCUT2D eigenvalue weighted by molar-refractivity contribution is 7.13. The molecule has 0 saturated heterocycles. The lowest BCUT2D eigenvalue weighted by Gasteiger charge is -2.07. The van der Waals surface area contributed by atoms with E-state index < -0.39 is 0 Å². The molecule has 0 bridgehead atoms. The zero-order valence-corrected chi connectivity index (χ0v) is 11.6. The average Bonchev–Trinajstić information content (AvgIpc) is 3.01. The van der Waals surface area contributed by atoms with Crippen LogP contribution in [0.3, 0.4) is 0 Å². The molecule has 0 amide bonds. The van der Waals surface area contributed by atoms with Crippen molar-refractivity contribution in [3.8, 4) is 16.3 Å². The van der Waals surface area contributed by atoms with Crippen molar-refractivity contribution in [2.75, 3.05) is 5.32 Å². The van der Waals surface area contributed by atoms with Crippen molar-refractivity contribution in [2.45, 2.75) is 6.54 Å². The molecule has 3 rings (SSSR count). The number of benzene rings is 2. The summed E-state index contributed by atoms with van der Waals surface area (Å²) in [5.74, 6) is 0.293. The smallest absolute Gasteiger partial charge is 0.123 e. The van der Waals surface area contributed by atoms with Crippen molar-refractivity contribution in [2.24, 2.45) is 0 Å². The van der Waals surface area contributed by atoms with Crippen LogP contribution in [0.2, 0.25) is 0 Å². The molecule has 0 spiro atoms. The third kappa shape index (κ3) is 2.97. The maximum atomic E-state index is 9.24. The Kier molecular flexibility index (Phi) is 3.65. The third-order valence-corrected chi connectivity index (χ3v) is 3.82. The predicted molar refractivity (Wildman–Crippen MR) is 83.0 cm³/mol. The van der Waals surface area contributed by atoms with Crippen LogP contribution < -0.4 is 5.32 Å². The van der Waals surface area contributed by atoms with E-state index in [4.69, 9.17) is 0 Å². The van der Waals surface area contributed by atoms with Crippen LogP contribution in [-0.2, 0) is 6.54 Å². The van der Waals surface area contributed by atoms with E-state index in [1.54, 1.807) is 23.5 Å². The number of anilines is 1. The van der Waals surface area contributed by atoms with Crippen LogP contribution in [0, 0.1) is 0 Å². The first-order valence-electron chi connectivity index (χ1n) is 6.33. The minimum atomic E-state index is 0.293. The van der Waals surface area contributed by atoms with Gasteiger partial charge in [-0.2, -0.15) is 0 Å². The van der Waals surface area contributed by atoms with Crippen molar-refractivity contribution in [3.05, 3.63) is 65.7 Å². The molecule has 20 heavy (non-hydrogen) atoms. The normalized spacial score (nSPS) is 10.4. The van der Waals surface area contributed by atoms with Crippen LogP contribution in [0.25, 0.3) is 10.6 Å². The highest BCUT2D eigenvalue weighted by Gasteiger charge is 2.00. The van der Waals surface area contributed by atoms with Gasteiger partial charge in [0.05, 0.1) is 0 Å². The maximum Gasteiger partial charge on any atom is 0.123 e. The highest BCUT2D eigenvalue weighted by atomic mass is 32.1. The molecule has 0 aliphatic heterocycles. The second-order valence-corrected chi connectivity index (χ2v) is 5.33. The van der Waals surface area contributed by atoms with Crippen LogP contribution in [0.15, 0.2) is 60.1 Å². The van der Waals surface area contributed by atoms with Gasteiger partial charge >= 0.3 is 0 Å². The van der Waals surface area contributed by atoms with E-state index in [9.17, 15) is 5.11 Å². The summed E-state index contributed by atoms with van der Waals surface area (Å²) in [5.41, 5.74) is 3.33. The van der Waals surface area contributed by atoms with Gasteiger partial charge in [-0.15, -0.1) is 11.3 Å². The molecule has 100 valence electrons. The van der Waals surface area contributed by atoms with Crippen molar-refractivity contribution in [1.29, 1.82) is 0 Å². The molecule has 1 aromatic heterocycles. The lowest BCUT2D eigenvalue weighted by atomic mass is 10.2. The van der Waals surface area contributed by atoms with E-state index in [1.807, 2.05) is 23.7 Å². The quantitative estimate of drug-likeness (QED) is 0.756. The van der Waals surface area contributed by atoms with Crippen molar-refractivity contribution in [3.63, 3.8) is 0 Å². The number of aromatic hydroxyl groups is 1. The second kappa shape index (κ2) is 5.75. The maximum absolute atomic E-state index is 9.24. The number of nitrogens with one attached hydrogen (secondary N) is 1. The zero-order chi connectivity index (χ0) is 13.8. The summed E-state index contributed by atoms with van der Waals surface area (Å²) in [4.78, 5) is 4.29. The number of hydrogen-bond donors (Lipinski definition) is 2. The van der Waals surface area contributed by atoms with Crippen molar-refractivity contribution >= 4 is 17.0 Å². The lowest BCUT2D eigenvalue weighted by molar-refractivity contribution is 0.475. The Morgan fingerprint density at radius 1 is 1.00 bits per heavy atom. The van der Waals surface area contributed by atoms with Crippen LogP contribution in [0.4, 0.5) is 5.69 Å². The van der Waals surface area contributed by atoms with Gasteiger partial charge in [0, 0.05) is 29.4 Å². The molecule has 4 heteroatoms. The molecule has 2 aromatic carbocycles. The number of thiazole rings is 1. The van der Waals surface area contributed by atoms with Gasteiger partial charge in [0.15, 0.2) is 0 Å². The van der Waals surface area contributed by atoms with E-state index in [0.717, 1.165) is 28.4 Å². The Labute approximate surface area is 121 Å². The number of phenolic OH excluding ortho intramolecular Hbond substituents is 1. The minimum absolute atomic E-state index is 0.293. The summed E-state index contributed by atoms with van der Waals surface area (Å²) in [7, 11) is 0. The lowest BCUT2D eigenvalue weighted by Crippen LogP contribution is -1.98. The minimum Gasteiger partial charge on any atom is -0.508 e. The van der Waals surface area contributed by atoms with Gasteiger partial charge in [-0.3, -0.25) is 0 Å². The van der Waals surface area contributed by atoms with Crippen LogP contribution >= 0.6 is 11.3 Å². The fourth-order valence-corrected chi connectivity index (χ4v) is 2.56. The summed E-state index contributed by atoms with van der Waals surface area (Å²) in [6.07, 6.45) is 1.82. The molecule has 3 nitrogen and oxygen atoms in total. The van der Waals surface area contributed by atoms with Gasteiger partial charge < -0.3 is 10.4 Å². The van der Waals surface area contributed by atoms with Crippen LogP contribution in [0.5, 0.6) is 5.75 Å². The Bertz CT molecular complexity index is 661. The van der Waals surface area contributed by atoms with E-state index in [-0.39, 0.29) is 0 Å². The van der Waals surface area contributed by atoms with Gasteiger partial charge in [-0.25, -0.2) is 4.98 Å². The first-order valence-corrected chi connectivity index (χ1v) is 7.21. The van der Waals surface area contributed by atoms with Crippen LogP contribution in [0.1, 0.15) is 5.56 Å². The molecule has 3 aromatic rings. The summed E-state index contributed by atoms with van der Waals surface area (Å²) in [6.45, 7) is 0.733. The Hall–Kier alpha value is -2.33. The number of nitrogens with zero attached hydrogens (tertiary/aromatic N) is 1. The summed E-state index contributed by atoms with van der Waals surface area (Å²) < 4.78 is 0. The second-order valence-electron chi connectivity index (χ2n) is 4.43. The molecule has 0 saturated carbocycles. The number of aromatic nitrogens is 1. The summed E-state index contributed by atoms with van der Waals surface area (Å²) >= 11 is 1.64. The topological polar surface area (TPSA) is 45.1 Å². The third-order valence-electron chi connectivity index (χ3n) is 3.00. The highest BCUT2D eigenvalue weighted by Crippen LogP contribution is 2.23. The molecule has 2 N–H and O–H groups in total. The monoisotopic (exact) mass is 282 g/mol. The van der Waals surface area contributed by atoms with E-state index in [2.05, 4.69) is 34.6 Å². The number of hydrogen-bond acceptors (Lipinski definition) is 4. The molecule has 0 atom stereocenters. The Morgan fingerprint density at radius 3 is 2.40 bits per heavy atom. The molecular formula is C16H14N2OS. The summed E-state index contributed by atoms with van der Waals surface area (Å²) in [6, 6.07) is 15.5. The largest absolute Gasteiger partial charge is 0.508 e. The average molecular weight is 282 g/mol. The van der Waals surface area contributed by atoms with E-state index >= 15 is 0 Å². The number of phenols is 1. The molecule has 0 aliphatic rings. The molecule has 0 aliphatic carbocycles. The van der Waals surface area contributed by atoms with Gasteiger partial charge in [0.2, 0.25) is 0 Å². The fraction of sp³-hybridized carbons (Fsp3) is 0.0625. The van der Waals surface area contributed by atoms with Gasteiger partial charge in [0.25, 0.3) is 0 Å². The fourth-order valence-electron chi connectivity index (χ4n) is 1.91. The zero-order valence-electron chi connectivity index (χ0n) is 10.8. The first kappa shape index (κ1) is 12.7.